The van der Waals surface area contributed by atoms with Crippen LogP contribution >= 0.6 is 0 Å². The molecule has 0 aromatic heterocycles. The normalized spacial score (nSPS) is 11.8. The quantitative estimate of drug-likeness (QED) is 0.487. The molecule has 0 amide bonds. The Kier molecular flexibility index (Phi) is 6.12. The predicted octanol–water partition coefficient (Wildman–Crippen LogP) is 5.98. The summed E-state index contributed by atoms with van der Waals surface area (Å²) < 4.78 is 0. The molecule has 0 heterocycles. The van der Waals surface area contributed by atoms with Crippen LogP contribution in [0.25, 0.3) is 0 Å². The molecule has 2 aromatic rings. The first-order valence-electron chi connectivity index (χ1n) is 9.33. The minimum atomic E-state index is 0.176. The average molecular weight is 352 g/mol. The molecule has 2 aromatic carbocycles. The number of hydrogen-bond donors (Lipinski definition) is 0. The fourth-order valence-electron chi connectivity index (χ4n) is 2.85. The average Bonchev–Trinajstić information content (AvgIpc) is 2.60. The predicted molar refractivity (Wildman–Crippen MR) is 116 cm³/mol. The molecule has 0 aliphatic rings. The highest BCUT2D eigenvalue weighted by molar-refractivity contribution is 5.72. The van der Waals surface area contributed by atoms with Crippen molar-refractivity contribution < 1.29 is 0 Å². The number of aryl methyl sites for hydroxylation is 2. The Balaban J connectivity index is 2.30. The van der Waals surface area contributed by atoms with E-state index in [4.69, 9.17) is 0 Å². The van der Waals surface area contributed by atoms with Crippen LogP contribution in [0.5, 0.6) is 0 Å². The number of nitrogens with zero attached hydrogens (tertiary/aromatic N) is 3. The molecule has 0 fully saturated rings. The lowest BCUT2D eigenvalue weighted by molar-refractivity contribution is 0.552. The Morgan fingerprint density at radius 2 is 1.58 bits per heavy atom. The number of rotatable bonds is 5. The van der Waals surface area contributed by atoms with Crippen molar-refractivity contribution in [3.05, 3.63) is 53.1 Å². The van der Waals surface area contributed by atoms with E-state index in [-0.39, 0.29) is 5.41 Å². The topological polar surface area (TPSA) is 18.8 Å². The van der Waals surface area contributed by atoms with E-state index in [0.717, 1.165) is 12.2 Å². The van der Waals surface area contributed by atoms with Crippen LogP contribution in [0, 0.1) is 13.8 Å². The lowest BCUT2D eigenvalue weighted by Gasteiger charge is -2.25. The van der Waals surface area contributed by atoms with Crippen LogP contribution in [-0.4, -0.2) is 31.9 Å². The van der Waals surface area contributed by atoms with E-state index in [1.165, 1.54) is 28.1 Å². The van der Waals surface area contributed by atoms with E-state index < -0.39 is 0 Å². The molecule has 140 valence electrons. The molecule has 0 unspecified atom stereocenters. The standard InChI is InChI=1S/C23H33N3/c1-9-25(7)16-24-21-14-18(3)22(15-17(21)2)26(8)20-12-10-19(11-13-20)23(4,5)6/h10-16H,9H2,1-8H3/b24-16-. The fourth-order valence-corrected chi connectivity index (χ4v) is 2.85. The fraction of sp³-hybridized carbons (Fsp3) is 0.435. The molecule has 0 spiro atoms. The maximum absolute atomic E-state index is 4.63. The first-order chi connectivity index (χ1) is 12.1. The van der Waals surface area contributed by atoms with Gasteiger partial charge in [-0.05, 0) is 67.1 Å². The van der Waals surface area contributed by atoms with Gasteiger partial charge in [-0.2, -0.15) is 0 Å². The van der Waals surface area contributed by atoms with Crippen LogP contribution in [-0.2, 0) is 5.41 Å². The van der Waals surface area contributed by atoms with E-state index >= 15 is 0 Å². The van der Waals surface area contributed by atoms with Gasteiger partial charge in [0.1, 0.15) is 0 Å². The molecule has 0 atom stereocenters. The molecule has 3 nitrogen and oxygen atoms in total. The van der Waals surface area contributed by atoms with Gasteiger partial charge in [0.05, 0.1) is 12.0 Å². The summed E-state index contributed by atoms with van der Waals surface area (Å²) in [6, 6.07) is 13.3. The molecular weight excluding hydrogens is 318 g/mol. The molecule has 3 heteroatoms. The summed E-state index contributed by atoms with van der Waals surface area (Å²) in [5.41, 5.74) is 7.38. The van der Waals surface area contributed by atoms with Gasteiger partial charge in [-0.3, -0.25) is 0 Å². The largest absolute Gasteiger partial charge is 0.366 e. The third-order valence-corrected chi connectivity index (χ3v) is 4.89. The van der Waals surface area contributed by atoms with Crippen molar-refractivity contribution >= 4 is 23.4 Å². The minimum absolute atomic E-state index is 0.176. The molecular formula is C23H33N3. The SMILES string of the molecule is CCN(C)/C=N\c1cc(C)c(N(C)c2ccc(C(C)(C)C)cc2)cc1C. The monoisotopic (exact) mass is 351 g/mol. The van der Waals surface area contributed by atoms with E-state index in [0.29, 0.717) is 0 Å². The summed E-state index contributed by atoms with van der Waals surface area (Å²) in [5, 5.41) is 0. The van der Waals surface area contributed by atoms with E-state index in [2.05, 4.69) is 99.8 Å². The van der Waals surface area contributed by atoms with Crippen LogP contribution in [0.4, 0.5) is 17.1 Å². The molecule has 0 radical (unpaired) electrons. The molecule has 0 aliphatic carbocycles. The van der Waals surface area contributed by atoms with E-state index in [1.54, 1.807) is 0 Å². The van der Waals surface area contributed by atoms with Crippen molar-refractivity contribution in [2.75, 3.05) is 25.5 Å². The van der Waals surface area contributed by atoms with Crippen LogP contribution in [0.1, 0.15) is 44.4 Å². The zero-order valence-electron chi connectivity index (χ0n) is 17.6. The zero-order chi connectivity index (χ0) is 19.5. The number of aliphatic imine (C=N–C) groups is 1. The van der Waals surface area contributed by atoms with Crippen LogP contribution in [0.2, 0.25) is 0 Å². The third-order valence-electron chi connectivity index (χ3n) is 4.89. The third kappa shape index (κ3) is 4.66. The molecule has 0 bridgehead atoms. The van der Waals surface area contributed by atoms with Gasteiger partial charge in [-0.15, -0.1) is 0 Å². The highest BCUT2D eigenvalue weighted by atomic mass is 15.1. The second-order valence-corrected chi connectivity index (χ2v) is 8.10. The molecule has 0 N–H and O–H groups in total. The van der Waals surface area contributed by atoms with Crippen LogP contribution in [0.15, 0.2) is 41.4 Å². The number of hydrogen-bond acceptors (Lipinski definition) is 2. The first kappa shape index (κ1) is 20.0. The van der Waals surface area contributed by atoms with Gasteiger partial charge in [-0.1, -0.05) is 32.9 Å². The zero-order valence-corrected chi connectivity index (χ0v) is 17.6. The maximum atomic E-state index is 4.63. The summed E-state index contributed by atoms with van der Waals surface area (Å²) in [6.07, 6.45) is 1.90. The minimum Gasteiger partial charge on any atom is -0.366 e. The molecule has 0 saturated heterocycles. The second-order valence-electron chi connectivity index (χ2n) is 8.10. The Bertz CT molecular complexity index is 767. The van der Waals surface area contributed by atoms with Crippen molar-refractivity contribution in [1.29, 1.82) is 0 Å². The Morgan fingerprint density at radius 1 is 0.962 bits per heavy atom. The van der Waals surface area contributed by atoms with E-state index in [9.17, 15) is 0 Å². The maximum Gasteiger partial charge on any atom is 0.0909 e. The van der Waals surface area contributed by atoms with Gasteiger partial charge in [-0.25, -0.2) is 4.99 Å². The Labute approximate surface area is 159 Å². The highest BCUT2D eigenvalue weighted by Gasteiger charge is 2.15. The van der Waals surface area contributed by atoms with Crippen LogP contribution in [0.3, 0.4) is 0 Å². The summed E-state index contributed by atoms with van der Waals surface area (Å²) >= 11 is 0. The van der Waals surface area contributed by atoms with E-state index in [1.807, 2.05) is 13.4 Å². The second kappa shape index (κ2) is 7.94. The van der Waals surface area contributed by atoms with Gasteiger partial charge >= 0.3 is 0 Å². The summed E-state index contributed by atoms with van der Waals surface area (Å²) in [4.78, 5) is 8.96. The molecule has 26 heavy (non-hydrogen) atoms. The number of benzene rings is 2. The van der Waals surface area contributed by atoms with Gasteiger partial charge in [0, 0.05) is 32.0 Å². The van der Waals surface area contributed by atoms with Gasteiger partial charge in [0.2, 0.25) is 0 Å². The van der Waals surface area contributed by atoms with Crippen LogP contribution < -0.4 is 4.90 Å². The number of anilines is 2. The van der Waals surface area contributed by atoms with Gasteiger partial charge in [0.25, 0.3) is 0 Å². The van der Waals surface area contributed by atoms with Crippen molar-refractivity contribution in [1.82, 2.24) is 4.90 Å². The molecule has 0 aliphatic heterocycles. The summed E-state index contributed by atoms with van der Waals surface area (Å²) in [7, 11) is 4.16. The molecule has 2 rings (SSSR count). The van der Waals surface area contributed by atoms with Crippen molar-refractivity contribution in [3.63, 3.8) is 0 Å². The lowest BCUT2D eigenvalue weighted by atomic mass is 9.87. The van der Waals surface area contributed by atoms with Crippen molar-refractivity contribution in [2.24, 2.45) is 4.99 Å². The smallest absolute Gasteiger partial charge is 0.0909 e. The highest BCUT2D eigenvalue weighted by Crippen LogP contribution is 2.33. The van der Waals surface area contributed by atoms with Crippen molar-refractivity contribution in [3.8, 4) is 0 Å². The summed E-state index contributed by atoms with van der Waals surface area (Å²) in [5.74, 6) is 0. The van der Waals surface area contributed by atoms with Gasteiger partial charge in [0.15, 0.2) is 0 Å². The first-order valence-corrected chi connectivity index (χ1v) is 9.33. The lowest BCUT2D eigenvalue weighted by Crippen LogP contribution is -2.14. The Hall–Kier alpha value is -2.29. The summed E-state index contributed by atoms with van der Waals surface area (Å²) in [6.45, 7) is 14.1. The Morgan fingerprint density at radius 3 is 2.12 bits per heavy atom. The van der Waals surface area contributed by atoms with Crippen molar-refractivity contribution in [2.45, 2.75) is 47.0 Å². The molecule has 0 saturated carbocycles. The van der Waals surface area contributed by atoms with Gasteiger partial charge < -0.3 is 9.80 Å².